The van der Waals surface area contributed by atoms with Gasteiger partial charge in [0, 0.05) is 24.2 Å². The van der Waals surface area contributed by atoms with Gasteiger partial charge in [0.05, 0.1) is 10.6 Å². The number of carbonyl (C=O) groups excluding carboxylic acids is 1. The maximum absolute atomic E-state index is 12.7. The van der Waals surface area contributed by atoms with Crippen LogP contribution in [0, 0.1) is 0 Å². The molecule has 0 saturated carbocycles. The lowest BCUT2D eigenvalue weighted by Crippen LogP contribution is -2.28. The van der Waals surface area contributed by atoms with Crippen molar-refractivity contribution in [1.82, 2.24) is 9.73 Å². The number of hydrogen-bond donors (Lipinski definition) is 1. The van der Waals surface area contributed by atoms with E-state index >= 15 is 0 Å². The Balaban J connectivity index is 1.54. The molecule has 7 heteroatoms. The van der Waals surface area contributed by atoms with E-state index in [9.17, 15) is 13.2 Å². The van der Waals surface area contributed by atoms with Gasteiger partial charge in [0.25, 0.3) is 5.91 Å². The van der Waals surface area contributed by atoms with Crippen LogP contribution in [0.15, 0.2) is 58.5 Å². The molecule has 2 aromatic carbocycles. The molecule has 4 rings (SSSR count). The standard InChI is InChI=1S/C21H23N3O3S/c25-21(23-22-20-12-6-8-16-7-1-2-11-19(16)20)17-9-5-10-18(15-17)28(26,27)24-13-3-4-14-24/h1-2,5,7,9-11,15H,3-4,6,8,12-14H2,(H,23,25). The first-order valence-corrected chi connectivity index (χ1v) is 11.0. The molecule has 1 saturated heterocycles. The van der Waals surface area contributed by atoms with Crippen LogP contribution in [0.5, 0.6) is 0 Å². The average Bonchev–Trinajstić information content (AvgIpc) is 3.28. The molecule has 6 nitrogen and oxygen atoms in total. The van der Waals surface area contributed by atoms with Crippen LogP contribution in [-0.4, -0.2) is 37.4 Å². The Hall–Kier alpha value is -2.51. The van der Waals surface area contributed by atoms with E-state index in [1.807, 2.05) is 18.2 Å². The van der Waals surface area contributed by atoms with Crippen LogP contribution in [-0.2, 0) is 16.4 Å². The molecule has 0 aromatic heterocycles. The lowest BCUT2D eigenvalue weighted by Gasteiger charge is -2.17. The number of amides is 1. The first-order chi connectivity index (χ1) is 13.6. The van der Waals surface area contributed by atoms with E-state index in [0.29, 0.717) is 13.1 Å². The second-order valence-electron chi connectivity index (χ2n) is 7.15. The molecule has 2 aliphatic rings. The third-order valence-electron chi connectivity index (χ3n) is 5.28. The van der Waals surface area contributed by atoms with E-state index in [2.05, 4.69) is 16.6 Å². The monoisotopic (exact) mass is 397 g/mol. The van der Waals surface area contributed by atoms with E-state index < -0.39 is 15.9 Å². The predicted molar refractivity (Wildman–Crippen MR) is 108 cm³/mol. The van der Waals surface area contributed by atoms with Crippen molar-refractivity contribution in [2.75, 3.05) is 13.1 Å². The maximum Gasteiger partial charge on any atom is 0.271 e. The smallest absolute Gasteiger partial charge is 0.267 e. The zero-order valence-corrected chi connectivity index (χ0v) is 16.4. The van der Waals surface area contributed by atoms with E-state index in [4.69, 9.17) is 0 Å². The van der Waals surface area contributed by atoms with Crippen LogP contribution in [0.4, 0.5) is 0 Å². The Labute approximate surface area is 165 Å². The number of aryl methyl sites for hydroxylation is 1. The molecule has 1 N–H and O–H groups in total. The summed E-state index contributed by atoms with van der Waals surface area (Å²) in [4.78, 5) is 12.7. The topological polar surface area (TPSA) is 78.8 Å². The Morgan fingerprint density at radius 2 is 1.75 bits per heavy atom. The van der Waals surface area contributed by atoms with Gasteiger partial charge in [-0.1, -0.05) is 30.3 Å². The largest absolute Gasteiger partial charge is 0.271 e. The summed E-state index contributed by atoms with van der Waals surface area (Å²) in [6.45, 7) is 1.07. The molecule has 0 bridgehead atoms. The number of nitrogens with zero attached hydrogens (tertiary/aromatic N) is 2. The fourth-order valence-electron chi connectivity index (χ4n) is 3.78. The second-order valence-corrected chi connectivity index (χ2v) is 9.09. The molecule has 0 atom stereocenters. The van der Waals surface area contributed by atoms with Gasteiger partial charge < -0.3 is 0 Å². The zero-order chi connectivity index (χ0) is 19.6. The number of hydrogen-bond acceptors (Lipinski definition) is 4. The van der Waals surface area contributed by atoms with Gasteiger partial charge >= 0.3 is 0 Å². The summed E-state index contributed by atoms with van der Waals surface area (Å²) in [5, 5.41) is 4.33. The Bertz CT molecular complexity index is 1020. The lowest BCUT2D eigenvalue weighted by molar-refractivity contribution is 0.0954. The van der Waals surface area contributed by atoms with Crippen molar-refractivity contribution in [1.29, 1.82) is 0 Å². The predicted octanol–water partition coefficient (Wildman–Crippen LogP) is 2.94. The molecule has 1 fully saturated rings. The van der Waals surface area contributed by atoms with Crippen LogP contribution in [0.25, 0.3) is 0 Å². The van der Waals surface area contributed by atoms with Crippen LogP contribution < -0.4 is 5.43 Å². The maximum atomic E-state index is 12.7. The van der Waals surface area contributed by atoms with Gasteiger partial charge in [-0.05, 0) is 55.9 Å². The first kappa shape index (κ1) is 18.8. The van der Waals surface area contributed by atoms with Crippen LogP contribution in [0.1, 0.15) is 47.2 Å². The fraction of sp³-hybridized carbons (Fsp3) is 0.333. The van der Waals surface area contributed by atoms with Crippen molar-refractivity contribution >= 4 is 21.6 Å². The second kappa shape index (κ2) is 7.85. The summed E-state index contributed by atoms with van der Waals surface area (Å²) in [5.74, 6) is -0.408. The summed E-state index contributed by atoms with van der Waals surface area (Å²) < 4.78 is 26.9. The minimum Gasteiger partial charge on any atom is -0.267 e. The highest BCUT2D eigenvalue weighted by atomic mass is 32.2. The number of hydrazone groups is 1. The van der Waals surface area contributed by atoms with Crippen molar-refractivity contribution in [3.63, 3.8) is 0 Å². The summed E-state index contributed by atoms with van der Waals surface area (Å²) in [6.07, 6.45) is 4.56. The minimum atomic E-state index is -3.55. The Morgan fingerprint density at radius 1 is 0.964 bits per heavy atom. The van der Waals surface area contributed by atoms with Crippen LogP contribution in [0.2, 0.25) is 0 Å². The number of nitrogens with one attached hydrogen (secondary N) is 1. The summed E-state index contributed by atoms with van der Waals surface area (Å²) >= 11 is 0. The minimum absolute atomic E-state index is 0.151. The highest BCUT2D eigenvalue weighted by Gasteiger charge is 2.27. The molecular formula is C21H23N3O3S. The molecule has 1 aliphatic carbocycles. The van der Waals surface area contributed by atoms with E-state index in [-0.39, 0.29) is 10.5 Å². The molecule has 0 spiro atoms. The van der Waals surface area contributed by atoms with Crippen molar-refractivity contribution in [3.8, 4) is 0 Å². The van der Waals surface area contributed by atoms with E-state index in [1.165, 1.54) is 22.0 Å². The van der Waals surface area contributed by atoms with Gasteiger partial charge in [-0.25, -0.2) is 13.8 Å². The van der Waals surface area contributed by atoms with Crippen molar-refractivity contribution in [3.05, 3.63) is 65.2 Å². The van der Waals surface area contributed by atoms with Crippen molar-refractivity contribution in [2.45, 2.75) is 37.0 Å². The van der Waals surface area contributed by atoms with Crippen LogP contribution in [0.3, 0.4) is 0 Å². The molecule has 1 heterocycles. The molecular weight excluding hydrogens is 374 g/mol. The van der Waals surface area contributed by atoms with Gasteiger partial charge in [0.1, 0.15) is 0 Å². The highest BCUT2D eigenvalue weighted by molar-refractivity contribution is 7.89. The Morgan fingerprint density at radius 3 is 2.57 bits per heavy atom. The summed E-state index contributed by atoms with van der Waals surface area (Å²) in [5.41, 5.74) is 6.05. The quantitative estimate of drug-likeness (QED) is 0.806. The van der Waals surface area contributed by atoms with E-state index in [0.717, 1.165) is 43.4 Å². The van der Waals surface area contributed by atoms with E-state index in [1.54, 1.807) is 12.1 Å². The highest BCUT2D eigenvalue weighted by Crippen LogP contribution is 2.22. The number of rotatable bonds is 4. The van der Waals surface area contributed by atoms with Crippen molar-refractivity contribution < 1.29 is 13.2 Å². The fourth-order valence-corrected chi connectivity index (χ4v) is 5.34. The molecule has 1 amide bonds. The molecule has 28 heavy (non-hydrogen) atoms. The first-order valence-electron chi connectivity index (χ1n) is 9.61. The molecule has 1 aliphatic heterocycles. The van der Waals surface area contributed by atoms with Crippen LogP contribution >= 0.6 is 0 Å². The number of sulfonamides is 1. The molecule has 0 radical (unpaired) electrons. The van der Waals surface area contributed by atoms with Crippen molar-refractivity contribution in [2.24, 2.45) is 5.10 Å². The molecule has 146 valence electrons. The average molecular weight is 398 g/mol. The third-order valence-corrected chi connectivity index (χ3v) is 7.17. The van der Waals surface area contributed by atoms with Gasteiger partial charge in [0.15, 0.2) is 0 Å². The number of fused-ring (bicyclic) bond motifs is 1. The normalized spacial score (nSPS) is 18.8. The summed E-state index contributed by atoms with van der Waals surface area (Å²) in [7, 11) is -3.55. The SMILES string of the molecule is O=C(NN=C1CCCc2ccccc21)c1cccc(S(=O)(=O)N2CCCC2)c1. The lowest BCUT2D eigenvalue weighted by atomic mass is 9.90. The molecule has 2 aromatic rings. The van der Waals surface area contributed by atoms with Gasteiger partial charge in [-0.15, -0.1) is 0 Å². The number of benzene rings is 2. The van der Waals surface area contributed by atoms with Gasteiger partial charge in [-0.3, -0.25) is 4.79 Å². The zero-order valence-electron chi connectivity index (χ0n) is 15.6. The third kappa shape index (κ3) is 3.72. The van der Waals surface area contributed by atoms with Gasteiger partial charge in [0.2, 0.25) is 10.0 Å². The number of carbonyl (C=O) groups is 1. The Kier molecular flexibility index (Phi) is 5.28. The van der Waals surface area contributed by atoms with Gasteiger partial charge in [-0.2, -0.15) is 9.41 Å². The molecule has 0 unspecified atom stereocenters. The summed E-state index contributed by atoms with van der Waals surface area (Å²) in [6, 6.07) is 14.2.